The first-order valence-corrected chi connectivity index (χ1v) is 17.5. The molecular formula is C29H37F3N6O3Si. The molecule has 0 bridgehead atoms. The first-order valence-electron chi connectivity index (χ1n) is 13.8. The summed E-state index contributed by atoms with van der Waals surface area (Å²) < 4.78 is 51.7. The Morgan fingerprint density at radius 2 is 1.74 bits per heavy atom. The van der Waals surface area contributed by atoms with E-state index in [1.54, 1.807) is 6.08 Å². The average Bonchev–Trinajstić information content (AvgIpc) is 3.33. The van der Waals surface area contributed by atoms with Crippen molar-refractivity contribution in [2.45, 2.75) is 38.4 Å². The van der Waals surface area contributed by atoms with Crippen molar-refractivity contribution >= 4 is 25.3 Å². The van der Waals surface area contributed by atoms with E-state index in [-0.39, 0.29) is 19.8 Å². The predicted octanol–water partition coefficient (Wildman–Crippen LogP) is 4.91. The van der Waals surface area contributed by atoms with Crippen molar-refractivity contribution in [3.05, 3.63) is 72.3 Å². The number of nitrogens with two attached hydrogens (primary N) is 1. The van der Waals surface area contributed by atoms with Crippen molar-refractivity contribution in [2.75, 3.05) is 39.5 Å². The van der Waals surface area contributed by atoms with Crippen LogP contribution in [0.3, 0.4) is 0 Å². The highest BCUT2D eigenvalue weighted by Crippen LogP contribution is 2.24. The molecule has 1 aliphatic heterocycles. The Bertz CT molecular complexity index is 1410. The van der Waals surface area contributed by atoms with Crippen LogP contribution in [-0.2, 0) is 16.1 Å². The Hall–Kier alpha value is -3.68. The number of rotatable bonds is 11. The number of pyridine rings is 1. The monoisotopic (exact) mass is 602 g/mol. The molecular weight excluding hydrogens is 565 g/mol. The van der Waals surface area contributed by atoms with Gasteiger partial charge in [0.1, 0.15) is 23.9 Å². The highest BCUT2D eigenvalue weighted by Gasteiger charge is 2.43. The minimum atomic E-state index is -4.84. The lowest BCUT2D eigenvalue weighted by Crippen LogP contribution is -2.52. The highest BCUT2D eigenvalue weighted by molar-refractivity contribution is 6.76. The van der Waals surface area contributed by atoms with Gasteiger partial charge in [0.2, 0.25) is 0 Å². The summed E-state index contributed by atoms with van der Waals surface area (Å²) >= 11 is 0. The summed E-state index contributed by atoms with van der Waals surface area (Å²) in [5.74, 6) is -0.520. The van der Waals surface area contributed by atoms with Crippen LogP contribution in [0.2, 0.25) is 25.7 Å². The zero-order chi connectivity index (χ0) is 30.3. The molecule has 226 valence electrons. The number of aromatic nitrogens is 2. The second-order valence-electron chi connectivity index (χ2n) is 11.3. The van der Waals surface area contributed by atoms with Crippen molar-refractivity contribution in [1.29, 1.82) is 0 Å². The normalized spacial score (nSPS) is 15.6. The first-order chi connectivity index (χ1) is 19.9. The molecule has 42 heavy (non-hydrogen) atoms. The second-order valence-corrected chi connectivity index (χ2v) is 16.9. The van der Waals surface area contributed by atoms with Crippen LogP contribution in [0.4, 0.5) is 13.2 Å². The fourth-order valence-corrected chi connectivity index (χ4v) is 5.15. The predicted molar refractivity (Wildman–Crippen MR) is 158 cm³/mol. The van der Waals surface area contributed by atoms with Crippen molar-refractivity contribution in [2.24, 2.45) is 10.7 Å². The number of alkyl halides is 3. The number of nitrogens with zero attached hydrogens (tertiary/aromatic N) is 5. The summed E-state index contributed by atoms with van der Waals surface area (Å²) in [7, 11) is -1.15. The first kappa shape index (κ1) is 31.3. The van der Waals surface area contributed by atoms with Gasteiger partial charge in [0.25, 0.3) is 0 Å². The van der Waals surface area contributed by atoms with Gasteiger partial charge in [-0.05, 0) is 54.7 Å². The number of amides is 1. The Morgan fingerprint density at radius 3 is 2.38 bits per heavy atom. The molecule has 0 unspecified atom stereocenters. The molecule has 2 N–H and O–H groups in total. The third kappa shape index (κ3) is 8.91. The molecule has 9 nitrogen and oxygen atoms in total. The molecule has 1 amide bonds. The minimum absolute atomic E-state index is 0.0326. The van der Waals surface area contributed by atoms with E-state index in [0.29, 0.717) is 37.7 Å². The second kappa shape index (κ2) is 13.5. The van der Waals surface area contributed by atoms with Gasteiger partial charge < -0.3 is 24.5 Å². The summed E-state index contributed by atoms with van der Waals surface area (Å²) in [5, 5.41) is 0. The molecule has 13 heteroatoms. The average molecular weight is 603 g/mol. The molecule has 1 aromatic carbocycles. The summed E-state index contributed by atoms with van der Waals surface area (Å²) in [5.41, 5.74) is 8.74. The molecule has 0 saturated carbocycles. The Kier molecular flexibility index (Phi) is 10.1. The number of benzene rings is 1. The molecule has 1 fully saturated rings. The number of hydrogen-bond donors (Lipinski definition) is 1. The molecule has 0 aliphatic carbocycles. The van der Waals surface area contributed by atoms with E-state index >= 15 is 0 Å². The number of ether oxygens (including phenoxy) is 2. The zero-order valence-corrected chi connectivity index (χ0v) is 25.1. The van der Waals surface area contributed by atoms with Crippen LogP contribution in [0, 0.1) is 0 Å². The van der Waals surface area contributed by atoms with Crippen molar-refractivity contribution < 1.29 is 27.4 Å². The van der Waals surface area contributed by atoms with E-state index in [1.807, 2.05) is 58.1 Å². The number of carbonyl (C=O) groups excluding carboxylic acids is 1. The van der Waals surface area contributed by atoms with Crippen LogP contribution < -0.4 is 10.5 Å². The Labute approximate surface area is 244 Å². The summed E-state index contributed by atoms with van der Waals surface area (Å²) in [4.78, 5) is 23.4. The summed E-state index contributed by atoms with van der Waals surface area (Å²) in [6, 6.07) is 12.3. The fraction of sp³-hybridized carbons (Fsp3) is 0.414. The molecule has 3 heterocycles. The highest BCUT2D eigenvalue weighted by atomic mass is 28.3. The largest absolute Gasteiger partial charge is 0.471 e. The number of allylic oxidation sites excluding steroid dienone is 1. The van der Waals surface area contributed by atoms with Gasteiger partial charge in [-0.3, -0.25) is 14.7 Å². The minimum Gasteiger partial charge on any atom is -0.456 e. The fourth-order valence-electron chi connectivity index (χ4n) is 4.40. The molecule has 0 radical (unpaired) electrons. The van der Waals surface area contributed by atoms with Gasteiger partial charge in [0, 0.05) is 59.2 Å². The maximum Gasteiger partial charge on any atom is 0.471 e. The standard InChI is InChI=1S/C29H37F3N6O3Si/c1-42(2,3)17-16-40-21-34-26(10-11-33)22-4-6-24(7-5-22)41-25-8-9-27-35-23(19-38(27)20-25)18-36-12-14-37(15-13-36)28(39)29(30,31)32/h4-11,19-20H,12-18,21,33H2,1-3H3. The van der Waals surface area contributed by atoms with Crippen LogP contribution >= 0.6 is 0 Å². The van der Waals surface area contributed by atoms with Crippen LogP contribution in [0.15, 0.2) is 66.1 Å². The summed E-state index contributed by atoms with van der Waals surface area (Å²) in [6.45, 7) is 9.11. The molecule has 2 aromatic heterocycles. The number of hydrogen-bond acceptors (Lipinski definition) is 7. The van der Waals surface area contributed by atoms with Gasteiger partial charge in [0.15, 0.2) is 0 Å². The van der Waals surface area contributed by atoms with Gasteiger partial charge in [-0.2, -0.15) is 13.2 Å². The molecule has 0 atom stereocenters. The van der Waals surface area contributed by atoms with Gasteiger partial charge in [-0.1, -0.05) is 19.6 Å². The number of carbonyl (C=O) groups is 1. The molecule has 1 aliphatic rings. The number of piperazine rings is 1. The third-order valence-electron chi connectivity index (χ3n) is 6.72. The number of imidazole rings is 1. The zero-order valence-electron chi connectivity index (χ0n) is 24.1. The van der Waals surface area contributed by atoms with E-state index in [1.165, 1.54) is 6.20 Å². The number of halogens is 3. The lowest BCUT2D eigenvalue weighted by molar-refractivity contribution is -0.187. The molecule has 3 aromatic rings. The van der Waals surface area contributed by atoms with Gasteiger partial charge in [-0.25, -0.2) is 4.98 Å². The maximum absolute atomic E-state index is 12.7. The Morgan fingerprint density at radius 1 is 1.05 bits per heavy atom. The smallest absolute Gasteiger partial charge is 0.456 e. The summed E-state index contributed by atoms with van der Waals surface area (Å²) in [6.07, 6.45) is 2.04. The molecule has 4 rings (SSSR count). The van der Waals surface area contributed by atoms with Gasteiger partial charge in [-0.15, -0.1) is 0 Å². The van der Waals surface area contributed by atoms with Crippen LogP contribution in [-0.4, -0.2) is 84.6 Å². The van der Waals surface area contributed by atoms with E-state index in [4.69, 9.17) is 15.2 Å². The molecule has 0 spiro atoms. The number of fused-ring (bicyclic) bond motifs is 1. The quantitative estimate of drug-likeness (QED) is 0.190. The van der Waals surface area contributed by atoms with Crippen LogP contribution in [0.25, 0.3) is 5.65 Å². The van der Waals surface area contributed by atoms with Crippen molar-refractivity contribution in [3.63, 3.8) is 0 Å². The van der Waals surface area contributed by atoms with Crippen LogP contribution in [0.1, 0.15) is 11.3 Å². The Balaban J connectivity index is 1.33. The van der Waals surface area contributed by atoms with E-state index in [2.05, 4.69) is 29.6 Å². The third-order valence-corrected chi connectivity index (χ3v) is 8.43. The molecule has 1 saturated heterocycles. The van der Waals surface area contributed by atoms with E-state index in [0.717, 1.165) is 33.6 Å². The van der Waals surface area contributed by atoms with E-state index < -0.39 is 20.2 Å². The lowest BCUT2D eigenvalue weighted by Gasteiger charge is -2.34. The van der Waals surface area contributed by atoms with Crippen molar-refractivity contribution in [3.8, 4) is 11.5 Å². The van der Waals surface area contributed by atoms with Gasteiger partial charge in [0.05, 0.1) is 17.6 Å². The SMILES string of the molecule is C[Si](C)(C)CCOCN=C(C=CN)c1ccc(Oc2ccc3nc(CN4CCN(C(=O)C(F)(F)F)CC4)cn3c2)cc1. The van der Waals surface area contributed by atoms with Crippen molar-refractivity contribution in [1.82, 2.24) is 19.2 Å². The number of aliphatic imine (C=N–C) groups is 1. The topological polar surface area (TPSA) is 97.7 Å². The maximum atomic E-state index is 12.7. The van der Waals surface area contributed by atoms with Crippen LogP contribution in [0.5, 0.6) is 11.5 Å². The van der Waals surface area contributed by atoms with E-state index in [9.17, 15) is 18.0 Å². The lowest BCUT2D eigenvalue weighted by atomic mass is 10.1. The van der Waals surface area contributed by atoms with Gasteiger partial charge >= 0.3 is 12.1 Å².